The monoisotopic (exact) mass is 392 g/mol. The van der Waals surface area contributed by atoms with E-state index in [1.165, 1.54) is 19.3 Å². The van der Waals surface area contributed by atoms with E-state index in [0.717, 1.165) is 38.5 Å². The Labute approximate surface area is 170 Å². The molecule has 10 atom stereocenters. The number of hydrogen-bond donors (Lipinski definition) is 3. The highest BCUT2D eigenvalue weighted by atomic mass is 16.4. The first-order valence-electron chi connectivity index (χ1n) is 11.8. The number of carboxylic acids is 1. The van der Waals surface area contributed by atoms with E-state index in [9.17, 15) is 15.0 Å². The smallest absolute Gasteiger partial charge is 0.303 e. The molecule has 0 heterocycles. The molecule has 4 heteroatoms. The van der Waals surface area contributed by atoms with Gasteiger partial charge in [0.2, 0.25) is 0 Å². The van der Waals surface area contributed by atoms with E-state index < -0.39 is 5.97 Å². The zero-order chi connectivity index (χ0) is 20.3. The second-order valence-corrected chi connectivity index (χ2v) is 11.3. The summed E-state index contributed by atoms with van der Waals surface area (Å²) in [5.74, 6) is 2.55. The van der Waals surface area contributed by atoms with Gasteiger partial charge in [-0.15, -0.1) is 0 Å². The lowest BCUT2D eigenvalue weighted by Crippen LogP contribution is -2.58. The zero-order valence-corrected chi connectivity index (χ0v) is 17.9. The van der Waals surface area contributed by atoms with E-state index >= 15 is 0 Å². The normalized spacial score (nSPS) is 51.7. The summed E-state index contributed by atoms with van der Waals surface area (Å²) < 4.78 is 0. The van der Waals surface area contributed by atoms with Crippen molar-refractivity contribution < 1.29 is 20.1 Å². The van der Waals surface area contributed by atoms with Gasteiger partial charge in [-0.05, 0) is 104 Å². The summed E-state index contributed by atoms with van der Waals surface area (Å²) in [5.41, 5.74) is 0.216. The van der Waals surface area contributed by atoms with Crippen LogP contribution in [0, 0.1) is 46.3 Å². The summed E-state index contributed by atoms with van der Waals surface area (Å²) in [5, 5.41) is 30.8. The molecule has 0 bridgehead atoms. The number of carboxylic acid groups (broad SMARTS) is 1. The van der Waals surface area contributed by atoms with Gasteiger partial charge in [-0.25, -0.2) is 0 Å². The molecule has 0 radical (unpaired) electrons. The van der Waals surface area contributed by atoms with Crippen LogP contribution in [0.15, 0.2) is 0 Å². The topological polar surface area (TPSA) is 77.8 Å². The van der Waals surface area contributed by atoms with Crippen molar-refractivity contribution in [3.8, 4) is 0 Å². The second kappa shape index (κ2) is 7.27. The van der Waals surface area contributed by atoms with E-state index in [0.29, 0.717) is 35.5 Å². The van der Waals surface area contributed by atoms with Crippen LogP contribution in [0.1, 0.15) is 85.0 Å². The highest BCUT2D eigenvalue weighted by Gasteiger charge is 2.63. The van der Waals surface area contributed by atoms with Crippen LogP contribution in [-0.4, -0.2) is 33.5 Å². The van der Waals surface area contributed by atoms with Crippen molar-refractivity contribution in [1.82, 2.24) is 0 Å². The SMILES string of the molecule is CC(CCC(=O)O)[C@H]1CC[C@H]2[C@@H]3CC[C@@H]4C[C@H](O)CC[C@]4(C)[C@H]3C[C@@H](O)[C@]12C. The summed E-state index contributed by atoms with van der Waals surface area (Å²) in [7, 11) is 0. The average molecular weight is 393 g/mol. The second-order valence-electron chi connectivity index (χ2n) is 11.3. The quantitative estimate of drug-likeness (QED) is 0.659. The molecule has 0 spiro atoms. The van der Waals surface area contributed by atoms with E-state index in [4.69, 9.17) is 5.11 Å². The van der Waals surface area contributed by atoms with Crippen LogP contribution in [0.2, 0.25) is 0 Å². The Morgan fingerprint density at radius 1 is 1.04 bits per heavy atom. The summed E-state index contributed by atoms with van der Waals surface area (Å²) in [6, 6.07) is 0. The molecule has 0 aromatic carbocycles. The first kappa shape index (κ1) is 20.7. The average Bonchev–Trinajstić information content (AvgIpc) is 3.00. The first-order valence-corrected chi connectivity index (χ1v) is 11.8. The van der Waals surface area contributed by atoms with Gasteiger partial charge in [0.05, 0.1) is 12.2 Å². The number of rotatable bonds is 4. The Morgan fingerprint density at radius 3 is 2.50 bits per heavy atom. The van der Waals surface area contributed by atoms with E-state index in [1.807, 2.05) is 0 Å². The third-order valence-corrected chi connectivity index (χ3v) is 10.3. The van der Waals surface area contributed by atoms with Gasteiger partial charge in [0.25, 0.3) is 0 Å². The Hall–Kier alpha value is -0.610. The molecule has 4 nitrogen and oxygen atoms in total. The van der Waals surface area contributed by atoms with Gasteiger partial charge in [0.1, 0.15) is 0 Å². The third kappa shape index (κ3) is 3.05. The van der Waals surface area contributed by atoms with Crippen LogP contribution < -0.4 is 0 Å². The molecule has 0 aromatic heterocycles. The van der Waals surface area contributed by atoms with Crippen LogP contribution in [0.25, 0.3) is 0 Å². The number of hydrogen-bond acceptors (Lipinski definition) is 3. The molecule has 28 heavy (non-hydrogen) atoms. The van der Waals surface area contributed by atoms with Crippen molar-refractivity contribution in [2.24, 2.45) is 46.3 Å². The fourth-order valence-electron chi connectivity index (χ4n) is 8.71. The molecule has 160 valence electrons. The summed E-state index contributed by atoms with van der Waals surface area (Å²) >= 11 is 0. The van der Waals surface area contributed by atoms with Crippen LogP contribution in [0.5, 0.6) is 0 Å². The molecule has 0 saturated heterocycles. The zero-order valence-electron chi connectivity index (χ0n) is 17.9. The van der Waals surface area contributed by atoms with Gasteiger partial charge in [-0.1, -0.05) is 20.8 Å². The van der Waals surface area contributed by atoms with Gasteiger partial charge in [0, 0.05) is 6.42 Å². The minimum Gasteiger partial charge on any atom is -0.481 e. The lowest BCUT2D eigenvalue weighted by molar-refractivity contribution is -0.175. The standard InChI is InChI=1S/C24H40O4/c1-14(4-9-22(27)28)18-7-8-19-17-6-5-15-12-16(25)10-11-23(15,2)20(17)13-21(26)24(18,19)3/h14-21,25-26H,4-13H2,1-3H3,(H,27,28)/t14?,15-,16-,17+,18-,19+,20+,21-,23+,24-/m1/s1. The van der Waals surface area contributed by atoms with Crippen molar-refractivity contribution in [1.29, 1.82) is 0 Å². The van der Waals surface area contributed by atoms with Crippen molar-refractivity contribution in [3.63, 3.8) is 0 Å². The number of aliphatic hydroxyl groups is 2. The predicted molar refractivity (Wildman–Crippen MR) is 109 cm³/mol. The lowest BCUT2D eigenvalue weighted by Gasteiger charge is -2.62. The molecule has 3 N–H and O–H groups in total. The maximum absolute atomic E-state index is 11.5. The molecule has 0 aromatic rings. The van der Waals surface area contributed by atoms with E-state index in [1.54, 1.807) is 0 Å². The molecule has 1 unspecified atom stereocenters. The molecule has 4 fully saturated rings. The summed E-state index contributed by atoms with van der Waals surface area (Å²) in [6.07, 6.45) is 9.26. The van der Waals surface area contributed by atoms with Gasteiger partial charge < -0.3 is 15.3 Å². The van der Waals surface area contributed by atoms with Gasteiger partial charge >= 0.3 is 5.97 Å². The highest BCUT2D eigenvalue weighted by molar-refractivity contribution is 5.66. The highest BCUT2D eigenvalue weighted by Crippen LogP contribution is 2.68. The van der Waals surface area contributed by atoms with Crippen LogP contribution in [0.3, 0.4) is 0 Å². The predicted octanol–water partition coefficient (Wildman–Crippen LogP) is 4.48. The minimum atomic E-state index is -0.707. The third-order valence-electron chi connectivity index (χ3n) is 10.3. The number of carbonyl (C=O) groups is 1. The molecule has 0 aliphatic heterocycles. The number of fused-ring (bicyclic) bond motifs is 5. The molecular formula is C24H40O4. The first-order chi connectivity index (χ1) is 13.2. The molecule has 4 saturated carbocycles. The molecular weight excluding hydrogens is 352 g/mol. The van der Waals surface area contributed by atoms with Crippen LogP contribution in [0.4, 0.5) is 0 Å². The maximum atomic E-state index is 11.5. The Kier molecular flexibility index (Phi) is 5.36. The van der Waals surface area contributed by atoms with Crippen molar-refractivity contribution in [2.75, 3.05) is 0 Å². The molecule has 4 aliphatic rings. The van der Waals surface area contributed by atoms with Crippen molar-refractivity contribution in [2.45, 2.75) is 97.2 Å². The van der Waals surface area contributed by atoms with Gasteiger partial charge in [-0.2, -0.15) is 0 Å². The molecule has 4 rings (SSSR count). The van der Waals surface area contributed by atoms with Crippen molar-refractivity contribution in [3.05, 3.63) is 0 Å². The van der Waals surface area contributed by atoms with Gasteiger partial charge in [-0.3, -0.25) is 4.79 Å². The Bertz CT molecular complexity index is 605. The maximum Gasteiger partial charge on any atom is 0.303 e. The van der Waals surface area contributed by atoms with Crippen LogP contribution in [-0.2, 0) is 4.79 Å². The lowest BCUT2D eigenvalue weighted by atomic mass is 9.43. The van der Waals surface area contributed by atoms with Crippen molar-refractivity contribution >= 4 is 5.97 Å². The summed E-state index contributed by atoms with van der Waals surface area (Å²) in [4.78, 5) is 11.1. The molecule has 0 amide bonds. The van der Waals surface area contributed by atoms with Gasteiger partial charge in [0.15, 0.2) is 0 Å². The minimum absolute atomic E-state index is 0.0591. The number of aliphatic carboxylic acids is 1. The number of aliphatic hydroxyl groups excluding tert-OH is 2. The van der Waals surface area contributed by atoms with E-state index in [2.05, 4.69) is 20.8 Å². The fourth-order valence-corrected chi connectivity index (χ4v) is 8.71. The van der Waals surface area contributed by atoms with Crippen LogP contribution >= 0.6 is 0 Å². The Morgan fingerprint density at radius 2 is 1.79 bits per heavy atom. The Balaban J connectivity index is 1.56. The summed E-state index contributed by atoms with van der Waals surface area (Å²) in [6.45, 7) is 6.99. The van der Waals surface area contributed by atoms with E-state index in [-0.39, 0.29) is 29.5 Å². The fraction of sp³-hybridized carbons (Fsp3) is 0.958. The largest absolute Gasteiger partial charge is 0.481 e. The molecule has 4 aliphatic carbocycles.